The molecular formula is C13H21N3O4S. The van der Waals surface area contributed by atoms with E-state index in [0.717, 1.165) is 11.9 Å². The van der Waals surface area contributed by atoms with Crippen molar-refractivity contribution in [1.29, 1.82) is 0 Å². The summed E-state index contributed by atoms with van der Waals surface area (Å²) in [6.45, 7) is 0.392. The van der Waals surface area contributed by atoms with Gasteiger partial charge in [0.15, 0.2) is 0 Å². The maximum atomic E-state index is 12.1. The van der Waals surface area contributed by atoms with Gasteiger partial charge in [-0.15, -0.1) is 0 Å². The van der Waals surface area contributed by atoms with Crippen molar-refractivity contribution in [2.45, 2.75) is 12.5 Å². The Bertz CT molecular complexity index is 548. The van der Waals surface area contributed by atoms with Crippen LogP contribution >= 0.6 is 0 Å². The van der Waals surface area contributed by atoms with Crippen LogP contribution in [0.25, 0.3) is 0 Å². The number of amides is 1. The van der Waals surface area contributed by atoms with Gasteiger partial charge in [-0.1, -0.05) is 6.07 Å². The summed E-state index contributed by atoms with van der Waals surface area (Å²) < 4.78 is 29.4. The number of pyridine rings is 1. The van der Waals surface area contributed by atoms with E-state index in [2.05, 4.69) is 9.71 Å². The van der Waals surface area contributed by atoms with Crippen molar-refractivity contribution in [3.05, 3.63) is 30.1 Å². The summed E-state index contributed by atoms with van der Waals surface area (Å²) in [5.74, 6) is -0.182. The molecular weight excluding hydrogens is 294 g/mol. The van der Waals surface area contributed by atoms with Gasteiger partial charge in [0.05, 0.1) is 24.6 Å². The number of likely N-dealkylation sites (N-methyl/N-ethyl adjacent to an activating group) is 1. The van der Waals surface area contributed by atoms with Gasteiger partial charge in [-0.25, -0.2) is 13.1 Å². The van der Waals surface area contributed by atoms with Crippen molar-refractivity contribution >= 4 is 15.9 Å². The van der Waals surface area contributed by atoms with Crippen LogP contribution in [0.4, 0.5) is 0 Å². The lowest BCUT2D eigenvalue weighted by Crippen LogP contribution is -2.36. The quantitative estimate of drug-likeness (QED) is 0.738. The minimum absolute atomic E-state index is 0.0733. The van der Waals surface area contributed by atoms with Crippen molar-refractivity contribution in [2.24, 2.45) is 0 Å². The van der Waals surface area contributed by atoms with Crippen LogP contribution in [0, 0.1) is 0 Å². The predicted molar refractivity (Wildman–Crippen MR) is 79.1 cm³/mol. The number of hydrogen-bond donors (Lipinski definition) is 1. The van der Waals surface area contributed by atoms with Crippen molar-refractivity contribution in [1.82, 2.24) is 14.6 Å². The number of nitrogens with zero attached hydrogens (tertiary/aromatic N) is 2. The highest BCUT2D eigenvalue weighted by atomic mass is 32.2. The fourth-order valence-electron chi connectivity index (χ4n) is 1.82. The topological polar surface area (TPSA) is 88.6 Å². The van der Waals surface area contributed by atoms with Gasteiger partial charge in [0, 0.05) is 33.3 Å². The number of hydrogen-bond acceptors (Lipinski definition) is 5. The molecule has 1 atom stereocenters. The van der Waals surface area contributed by atoms with E-state index in [1.54, 1.807) is 26.4 Å². The molecule has 0 spiro atoms. The summed E-state index contributed by atoms with van der Waals surface area (Å²) in [6.07, 6.45) is 2.79. The van der Waals surface area contributed by atoms with E-state index < -0.39 is 10.0 Å². The van der Waals surface area contributed by atoms with Gasteiger partial charge >= 0.3 is 0 Å². The molecule has 0 bridgehead atoms. The zero-order chi connectivity index (χ0) is 15.9. The molecule has 0 aliphatic heterocycles. The summed E-state index contributed by atoms with van der Waals surface area (Å²) in [7, 11) is -0.0770. The molecule has 0 aliphatic rings. The zero-order valence-corrected chi connectivity index (χ0v) is 13.3. The Morgan fingerprint density at radius 1 is 1.48 bits per heavy atom. The third-order valence-corrected chi connectivity index (χ3v) is 3.65. The van der Waals surface area contributed by atoms with E-state index in [1.165, 1.54) is 4.90 Å². The van der Waals surface area contributed by atoms with Gasteiger partial charge in [-0.3, -0.25) is 9.78 Å². The molecule has 1 aromatic heterocycles. The Balaban J connectivity index is 2.68. The molecule has 1 aromatic rings. The second-order valence-electron chi connectivity index (χ2n) is 4.65. The second-order valence-corrected chi connectivity index (χ2v) is 6.48. The molecule has 1 heterocycles. The van der Waals surface area contributed by atoms with E-state index in [-0.39, 0.29) is 24.9 Å². The third kappa shape index (κ3) is 6.19. The Morgan fingerprint density at radius 3 is 2.71 bits per heavy atom. The van der Waals surface area contributed by atoms with Gasteiger partial charge in [0.2, 0.25) is 15.9 Å². The monoisotopic (exact) mass is 315 g/mol. The van der Waals surface area contributed by atoms with Gasteiger partial charge < -0.3 is 9.64 Å². The molecule has 21 heavy (non-hydrogen) atoms. The first kappa shape index (κ1) is 17.5. The molecule has 0 radical (unpaired) electrons. The van der Waals surface area contributed by atoms with Gasteiger partial charge in [-0.2, -0.15) is 0 Å². The van der Waals surface area contributed by atoms with Crippen molar-refractivity contribution in [2.75, 3.05) is 33.6 Å². The highest BCUT2D eigenvalue weighted by molar-refractivity contribution is 7.88. The Morgan fingerprint density at radius 2 is 2.19 bits per heavy atom. The number of nitrogens with one attached hydrogen (secondary N) is 1. The van der Waals surface area contributed by atoms with Crippen molar-refractivity contribution < 1.29 is 17.9 Å². The molecule has 1 rings (SSSR count). The van der Waals surface area contributed by atoms with Gasteiger partial charge in [-0.05, 0) is 12.1 Å². The molecule has 0 saturated carbocycles. The smallest absolute Gasteiger partial charge is 0.224 e. The molecule has 8 heteroatoms. The van der Waals surface area contributed by atoms with Crippen LogP contribution in [-0.2, 0) is 19.6 Å². The first-order valence-corrected chi connectivity index (χ1v) is 8.34. The fourth-order valence-corrected chi connectivity index (χ4v) is 2.29. The average molecular weight is 315 g/mol. The first-order chi connectivity index (χ1) is 9.85. The fraction of sp³-hybridized carbons (Fsp3) is 0.538. The van der Waals surface area contributed by atoms with Gasteiger partial charge in [0.1, 0.15) is 0 Å². The SMILES string of the molecule is COCC(c1ccccn1)N(C)C(=O)CCNS(C)(=O)=O. The van der Waals surface area contributed by atoms with E-state index in [1.807, 2.05) is 12.1 Å². The number of carbonyl (C=O) groups is 1. The van der Waals surface area contributed by atoms with Crippen molar-refractivity contribution in [3.63, 3.8) is 0 Å². The first-order valence-electron chi connectivity index (χ1n) is 6.45. The Labute approximate surface area is 125 Å². The summed E-state index contributed by atoms with van der Waals surface area (Å²) >= 11 is 0. The van der Waals surface area contributed by atoms with Crippen LogP contribution in [-0.4, -0.2) is 57.8 Å². The van der Waals surface area contributed by atoms with E-state index >= 15 is 0 Å². The van der Waals surface area contributed by atoms with Crippen LogP contribution < -0.4 is 4.72 Å². The number of methoxy groups -OCH3 is 1. The lowest BCUT2D eigenvalue weighted by molar-refractivity contribution is -0.133. The van der Waals surface area contributed by atoms with Crippen LogP contribution in [0.15, 0.2) is 24.4 Å². The maximum absolute atomic E-state index is 12.1. The van der Waals surface area contributed by atoms with E-state index in [9.17, 15) is 13.2 Å². The van der Waals surface area contributed by atoms with Crippen LogP contribution in [0.2, 0.25) is 0 Å². The number of ether oxygens (including phenoxy) is 1. The highest BCUT2D eigenvalue weighted by Crippen LogP contribution is 2.18. The molecule has 1 N–H and O–H groups in total. The summed E-state index contributed by atoms with van der Waals surface area (Å²) in [4.78, 5) is 17.9. The number of carbonyl (C=O) groups excluding carboxylic acids is 1. The van der Waals surface area contributed by atoms with Crippen LogP contribution in [0.3, 0.4) is 0 Å². The Kier molecular flexibility index (Phi) is 6.73. The summed E-state index contributed by atoms with van der Waals surface area (Å²) in [5.41, 5.74) is 0.728. The number of sulfonamides is 1. The summed E-state index contributed by atoms with van der Waals surface area (Å²) in [5, 5.41) is 0. The minimum atomic E-state index is -3.29. The van der Waals surface area contributed by atoms with Crippen LogP contribution in [0.1, 0.15) is 18.2 Å². The van der Waals surface area contributed by atoms with E-state index in [4.69, 9.17) is 4.74 Å². The van der Waals surface area contributed by atoms with Gasteiger partial charge in [0.25, 0.3) is 0 Å². The molecule has 0 aliphatic carbocycles. The van der Waals surface area contributed by atoms with Crippen molar-refractivity contribution in [3.8, 4) is 0 Å². The number of rotatable bonds is 8. The molecule has 1 unspecified atom stereocenters. The molecule has 1 amide bonds. The molecule has 118 valence electrons. The van der Waals surface area contributed by atoms with E-state index in [0.29, 0.717) is 6.61 Å². The Hall–Kier alpha value is -1.51. The standard InChI is InChI=1S/C13H21N3O4S/c1-16(13(17)7-9-15-21(3,18)19)12(10-20-2)11-6-4-5-8-14-11/h4-6,8,12,15H,7,9-10H2,1-3H3. The second kappa shape index (κ2) is 8.06. The lowest BCUT2D eigenvalue weighted by Gasteiger charge is -2.27. The molecule has 0 aromatic carbocycles. The average Bonchev–Trinajstić information content (AvgIpc) is 2.43. The third-order valence-electron chi connectivity index (χ3n) is 2.92. The highest BCUT2D eigenvalue weighted by Gasteiger charge is 2.22. The predicted octanol–water partition coefficient (Wildman–Crippen LogP) is 0.167. The summed E-state index contributed by atoms with van der Waals surface area (Å²) in [6, 6.07) is 5.16. The minimum Gasteiger partial charge on any atom is -0.382 e. The number of aromatic nitrogens is 1. The normalized spacial score (nSPS) is 12.9. The molecule has 7 nitrogen and oxygen atoms in total. The molecule has 0 saturated heterocycles. The molecule has 0 fully saturated rings. The largest absolute Gasteiger partial charge is 0.382 e. The maximum Gasteiger partial charge on any atom is 0.224 e. The van der Waals surface area contributed by atoms with Crippen LogP contribution in [0.5, 0.6) is 0 Å². The zero-order valence-electron chi connectivity index (χ0n) is 12.4. The lowest BCUT2D eigenvalue weighted by atomic mass is 10.1.